The number of halogens is 4. The van der Waals surface area contributed by atoms with Crippen LogP contribution in [0.2, 0.25) is 0 Å². The molecule has 0 bridgehead atoms. The molecule has 0 aromatic heterocycles. The van der Waals surface area contributed by atoms with Gasteiger partial charge in [-0.05, 0) is 12.8 Å². The van der Waals surface area contributed by atoms with Gasteiger partial charge in [0.15, 0.2) is 11.6 Å². The SMILES string of the molecule is N.N=CN(N)CC(=O)[N]CCN(CC=C1[CH]C1)c1c(F)cc(N2C[C@H](CNC(=O)C(F)F)OC2=O)cc1F.[HH]. The van der Waals surface area contributed by atoms with Crippen molar-refractivity contribution in [2.45, 2.75) is 19.0 Å². The van der Waals surface area contributed by atoms with E-state index in [1.807, 2.05) is 11.7 Å². The third kappa shape index (κ3) is 8.31. The van der Waals surface area contributed by atoms with E-state index < -0.39 is 54.3 Å². The third-order valence-electron chi connectivity index (χ3n) is 5.36. The van der Waals surface area contributed by atoms with E-state index in [9.17, 15) is 23.2 Å². The van der Waals surface area contributed by atoms with E-state index in [2.05, 4.69) is 5.32 Å². The van der Waals surface area contributed by atoms with Gasteiger partial charge in [-0.25, -0.2) is 24.7 Å². The van der Waals surface area contributed by atoms with E-state index in [0.29, 0.717) is 0 Å². The van der Waals surface area contributed by atoms with Gasteiger partial charge >= 0.3 is 12.5 Å². The minimum atomic E-state index is -3.23. The molecule has 1 heterocycles. The summed E-state index contributed by atoms with van der Waals surface area (Å²) in [5.41, 5.74) is 0.456. The normalized spacial score (nSPS) is 17.1. The topological polar surface area (TPSA) is 181 Å². The van der Waals surface area contributed by atoms with Crippen LogP contribution >= 0.6 is 0 Å². The van der Waals surface area contributed by atoms with Crippen molar-refractivity contribution in [2.75, 3.05) is 49.1 Å². The van der Waals surface area contributed by atoms with Crippen LogP contribution < -0.4 is 32.4 Å². The first-order chi connectivity index (χ1) is 17.6. The van der Waals surface area contributed by atoms with Crippen molar-refractivity contribution in [1.29, 1.82) is 5.41 Å². The zero-order chi connectivity index (χ0) is 27.1. The van der Waals surface area contributed by atoms with Crippen molar-refractivity contribution in [2.24, 2.45) is 5.84 Å². The van der Waals surface area contributed by atoms with Crippen LogP contribution in [0.3, 0.4) is 0 Å². The summed E-state index contributed by atoms with van der Waals surface area (Å²) in [5.74, 6) is 1.24. The molecule has 7 N–H and O–H groups in total. The molecule has 1 saturated carbocycles. The Kier molecular flexibility index (Phi) is 10.8. The number of hydrogen-bond acceptors (Lipinski definition) is 8. The van der Waals surface area contributed by atoms with Crippen molar-refractivity contribution in [3.8, 4) is 0 Å². The first-order valence-electron chi connectivity index (χ1n) is 11.1. The minimum absolute atomic E-state index is 0. The predicted molar refractivity (Wildman–Crippen MR) is 131 cm³/mol. The van der Waals surface area contributed by atoms with Crippen molar-refractivity contribution in [3.63, 3.8) is 0 Å². The number of nitrogens with zero attached hydrogens (tertiary/aromatic N) is 4. The molecule has 1 aliphatic heterocycles. The van der Waals surface area contributed by atoms with Crippen molar-refractivity contribution < 1.29 is 38.1 Å². The number of alkyl halides is 2. The van der Waals surface area contributed by atoms with E-state index in [-0.39, 0.29) is 46.0 Å². The largest absolute Gasteiger partial charge is 0.442 e. The second-order valence-corrected chi connectivity index (χ2v) is 8.13. The molecule has 2 radical (unpaired) electrons. The van der Waals surface area contributed by atoms with E-state index in [1.165, 1.54) is 4.90 Å². The highest BCUT2D eigenvalue weighted by Crippen LogP contribution is 2.32. The number of allylic oxidation sites excluding steroid dienone is 1. The average Bonchev–Trinajstić information content (AvgIpc) is 3.59. The summed E-state index contributed by atoms with van der Waals surface area (Å²) in [6.07, 6.45) is 0.0492. The molecular weight excluding hydrogens is 516 g/mol. The van der Waals surface area contributed by atoms with E-state index >= 15 is 8.78 Å². The minimum Gasteiger partial charge on any atom is -0.442 e. The molecule has 0 unspecified atom stereocenters. The number of hydrazine groups is 1. The van der Waals surface area contributed by atoms with Gasteiger partial charge < -0.3 is 21.1 Å². The molecule has 1 atom stereocenters. The van der Waals surface area contributed by atoms with Crippen LogP contribution in [0.5, 0.6) is 0 Å². The van der Waals surface area contributed by atoms with Gasteiger partial charge in [0.2, 0.25) is 0 Å². The third-order valence-corrected chi connectivity index (χ3v) is 5.36. The number of ether oxygens (including phenoxy) is 1. The van der Waals surface area contributed by atoms with Crippen molar-refractivity contribution >= 4 is 35.6 Å². The molecule has 16 heteroatoms. The van der Waals surface area contributed by atoms with Crippen LogP contribution in [0.4, 0.5) is 33.7 Å². The molecule has 38 heavy (non-hydrogen) atoms. The van der Waals surface area contributed by atoms with Gasteiger partial charge in [-0.15, -0.1) is 0 Å². The first-order valence-corrected chi connectivity index (χ1v) is 11.1. The summed E-state index contributed by atoms with van der Waals surface area (Å²) in [6.45, 7) is -0.917. The Morgan fingerprint density at radius 2 is 2.00 bits per heavy atom. The maximum Gasteiger partial charge on any atom is 0.414 e. The number of anilines is 2. The number of benzene rings is 1. The Bertz CT molecular complexity index is 1050. The van der Waals surface area contributed by atoms with Crippen LogP contribution in [0.15, 0.2) is 23.8 Å². The molecule has 2 fully saturated rings. The summed E-state index contributed by atoms with van der Waals surface area (Å²) in [5, 5.41) is 13.5. The highest BCUT2D eigenvalue weighted by molar-refractivity contribution is 5.90. The quantitative estimate of drug-likeness (QED) is 0.0940. The molecule has 1 aromatic carbocycles. The molecule has 3 rings (SSSR count). The maximum absolute atomic E-state index is 15.2. The zero-order valence-electron chi connectivity index (χ0n) is 20.2. The van der Waals surface area contributed by atoms with Crippen LogP contribution in [-0.2, 0) is 14.3 Å². The van der Waals surface area contributed by atoms with Gasteiger partial charge in [0.25, 0.3) is 11.8 Å². The number of nitrogens with two attached hydrogens (primary N) is 1. The number of cyclic esters (lactones) is 1. The highest BCUT2D eigenvalue weighted by atomic mass is 19.3. The summed E-state index contributed by atoms with van der Waals surface area (Å²) >= 11 is 0. The fraction of sp³-hybridized carbons (Fsp3) is 0.409. The molecule has 1 aliphatic carbocycles. The van der Waals surface area contributed by atoms with Gasteiger partial charge in [0.05, 0.1) is 31.7 Å². The van der Waals surface area contributed by atoms with Gasteiger partial charge in [-0.2, -0.15) is 8.78 Å². The van der Waals surface area contributed by atoms with Gasteiger partial charge in [0.1, 0.15) is 18.3 Å². The lowest BCUT2D eigenvalue weighted by Gasteiger charge is -2.25. The molecule has 1 saturated heterocycles. The molecule has 2 aliphatic rings. The Labute approximate surface area is 217 Å². The van der Waals surface area contributed by atoms with Crippen molar-refractivity contribution in [1.82, 2.24) is 21.8 Å². The molecule has 3 amide bonds. The molecule has 210 valence electrons. The summed E-state index contributed by atoms with van der Waals surface area (Å²) in [4.78, 5) is 37.3. The zero-order valence-corrected chi connectivity index (χ0v) is 20.2. The summed E-state index contributed by atoms with van der Waals surface area (Å²) in [6, 6.07) is 1.86. The van der Waals surface area contributed by atoms with Crippen LogP contribution in [0.1, 0.15) is 7.85 Å². The van der Waals surface area contributed by atoms with E-state index in [0.717, 1.165) is 40.4 Å². The monoisotopic (exact) mass is 546 g/mol. The van der Waals surface area contributed by atoms with E-state index in [4.69, 9.17) is 16.0 Å². The van der Waals surface area contributed by atoms with Gasteiger partial charge in [-0.1, -0.05) is 11.6 Å². The second kappa shape index (κ2) is 13.6. The molecular formula is C22H30F4N8O4. The highest BCUT2D eigenvalue weighted by Gasteiger charge is 2.34. The van der Waals surface area contributed by atoms with Crippen molar-refractivity contribution in [3.05, 3.63) is 41.8 Å². The number of rotatable bonds is 13. The maximum atomic E-state index is 15.2. The Morgan fingerprint density at radius 3 is 2.58 bits per heavy atom. The van der Waals surface area contributed by atoms with Gasteiger partial charge in [-0.3, -0.25) is 24.9 Å². The predicted octanol–water partition coefficient (Wildman–Crippen LogP) is 1.33. The lowest BCUT2D eigenvalue weighted by atomic mass is 10.2. The Balaban J connectivity index is 0.00000380. The number of hydrogen-bond donors (Lipinski definition) is 4. The Morgan fingerprint density at radius 1 is 1.34 bits per heavy atom. The van der Waals surface area contributed by atoms with Crippen LogP contribution in [-0.4, -0.2) is 81.1 Å². The Hall–Kier alpha value is -3.92. The molecule has 1 aromatic rings. The lowest BCUT2D eigenvalue weighted by Crippen LogP contribution is -2.40. The average molecular weight is 547 g/mol. The smallest absolute Gasteiger partial charge is 0.414 e. The lowest BCUT2D eigenvalue weighted by molar-refractivity contribution is -0.132. The number of nitrogens with one attached hydrogen (secondary N) is 2. The summed E-state index contributed by atoms with van der Waals surface area (Å²) in [7, 11) is 0. The fourth-order valence-electron chi connectivity index (χ4n) is 3.43. The molecule has 0 spiro atoms. The summed E-state index contributed by atoms with van der Waals surface area (Å²) < 4.78 is 60.0. The van der Waals surface area contributed by atoms with E-state index in [1.54, 1.807) is 6.08 Å². The number of carbonyl (C=O) groups is 3. The second-order valence-electron chi connectivity index (χ2n) is 8.13. The van der Waals surface area contributed by atoms with Crippen LogP contribution in [0, 0.1) is 23.5 Å². The number of amides is 3. The standard InChI is InChI=1S/C22H25F4N7O4.H3N.H2/c23-16-7-14(33-10-15(37-22(33)36)9-30-21(35)20(25)26)8-17(24)19(16)31(5-3-13-1-2-13)6-4-29-18(34)11-32(28)12-27;;/h1,3,7-8,12,15,20,27H,2,4-6,9-11,28H2,(H,30,35);1H3;1H/t15-;;/m0../s1. The fourth-order valence-corrected chi connectivity index (χ4v) is 3.43. The van der Waals surface area contributed by atoms with Gasteiger partial charge in [0, 0.05) is 26.6 Å². The molecule has 12 nitrogen and oxygen atoms in total. The number of carbonyl (C=O) groups excluding carboxylic acids is 3. The first kappa shape index (κ1) is 30.3. The van der Waals surface area contributed by atoms with Crippen LogP contribution in [0.25, 0.3) is 0 Å².